The van der Waals surface area contributed by atoms with Gasteiger partial charge in [-0.3, -0.25) is 9.59 Å². The molecule has 3 aromatic carbocycles. The number of aryl methyl sites for hydroxylation is 1. The molecule has 0 aromatic heterocycles. The van der Waals surface area contributed by atoms with E-state index < -0.39 is 0 Å². The second kappa shape index (κ2) is 11.8. The quantitative estimate of drug-likeness (QED) is 0.445. The first-order valence-corrected chi connectivity index (χ1v) is 11.0. The molecule has 0 spiro atoms. The highest BCUT2D eigenvalue weighted by molar-refractivity contribution is 5.95. The minimum Gasteiger partial charge on any atom is -0.496 e. The van der Waals surface area contributed by atoms with Gasteiger partial charge in [0.05, 0.1) is 33.1 Å². The van der Waals surface area contributed by atoms with E-state index in [0.29, 0.717) is 34.2 Å². The van der Waals surface area contributed by atoms with E-state index >= 15 is 0 Å². The predicted molar refractivity (Wildman–Crippen MR) is 134 cm³/mol. The smallest absolute Gasteiger partial charge is 0.262 e. The summed E-state index contributed by atoms with van der Waals surface area (Å²) in [5, 5.41) is 5.73. The molecule has 2 amide bonds. The lowest BCUT2D eigenvalue weighted by molar-refractivity contribution is -0.118. The molecule has 8 heteroatoms. The van der Waals surface area contributed by atoms with Gasteiger partial charge >= 0.3 is 0 Å². The molecule has 0 fully saturated rings. The van der Waals surface area contributed by atoms with E-state index in [1.165, 1.54) is 14.2 Å². The van der Waals surface area contributed by atoms with Crippen LogP contribution >= 0.6 is 0 Å². The number of hydrogen-bond donors (Lipinski definition) is 2. The van der Waals surface area contributed by atoms with Crippen molar-refractivity contribution in [3.05, 3.63) is 77.4 Å². The standard InChI is InChI=1S/C27H30N2O6/c1-17-10-12-22(32-3)20(14-17)18(2)28-27(31)19-11-13-24(25(15-19)34-5)35-16-26(30)29-21-8-6-7-9-23(21)33-4/h6-15,18H,16H2,1-5H3,(H,28,31)(H,29,30). The fourth-order valence-corrected chi connectivity index (χ4v) is 3.56. The van der Waals surface area contributed by atoms with Crippen molar-refractivity contribution < 1.29 is 28.5 Å². The molecular formula is C27H30N2O6. The van der Waals surface area contributed by atoms with Gasteiger partial charge in [0.2, 0.25) is 0 Å². The summed E-state index contributed by atoms with van der Waals surface area (Å²) in [7, 11) is 4.60. The summed E-state index contributed by atoms with van der Waals surface area (Å²) in [5.41, 5.74) is 2.89. The van der Waals surface area contributed by atoms with Gasteiger partial charge < -0.3 is 29.6 Å². The maximum atomic E-state index is 12.9. The van der Waals surface area contributed by atoms with E-state index in [0.717, 1.165) is 11.1 Å². The van der Waals surface area contributed by atoms with Gasteiger partial charge in [-0.1, -0.05) is 29.8 Å². The SMILES string of the molecule is COc1ccccc1NC(=O)COc1ccc(C(=O)NC(C)c2cc(C)ccc2OC)cc1OC. The third-order valence-electron chi connectivity index (χ3n) is 5.36. The van der Waals surface area contributed by atoms with E-state index in [2.05, 4.69) is 10.6 Å². The van der Waals surface area contributed by atoms with Crippen molar-refractivity contribution in [1.29, 1.82) is 0 Å². The highest BCUT2D eigenvalue weighted by Gasteiger charge is 2.18. The summed E-state index contributed by atoms with van der Waals surface area (Å²) in [6.07, 6.45) is 0. The normalized spacial score (nSPS) is 11.2. The fraction of sp³-hybridized carbons (Fsp3) is 0.259. The monoisotopic (exact) mass is 478 g/mol. The van der Waals surface area contributed by atoms with Crippen molar-refractivity contribution >= 4 is 17.5 Å². The van der Waals surface area contributed by atoms with Gasteiger partial charge in [0.25, 0.3) is 11.8 Å². The van der Waals surface area contributed by atoms with Gasteiger partial charge in [-0.25, -0.2) is 0 Å². The predicted octanol–water partition coefficient (Wildman–Crippen LogP) is 4.53. The number of amides is 2. The Bertz CT molecular complexity index is 1190. The number of hydrogen-bond acceptors (Lipinski definition) is 6. The second-order valence-corrected chi connectivity index (χ2v) is 7.84. The largest absolute Gasteiger partial charge is 0.496 e. The van der Waals surface area contributed by atoms with E-state index in [1.54, 1.807) is 43.5 Å². The Balaban J connectivity index is 1.66. The minimum absolute atomic E-state index is 0.246. The Labute approximate surface area is 205 Å². The molecule has 0 saturated carbocycles. The second-order valence-electron chi connectivity index (χ2n) is 7.84. The van der Waals surface area contributed by atoms with Crippen LogP contribution in [-0.2, 0) is 4.79 Å². The summed E-state index contributed by atoms with van der Waals surface area (Å²) in [6, 6.07) is 17.4. The molecule has 0 bridgehead atoms. The molecule has 0 aliphatic heterocycles. The lowest BCUT2D eigenvalue weighted by Crippen LogP contribution is -2.27. The highest BCUT2D eigenvalue weighted by atomic mass is 16.5. The number of ether oxygens (including phenoxy) is 4. The lowest BCUT2D eigenvalue weighted by atomic mass is 10.0. The maximum absolute atomic E-state index is 12.9. The van der Waals surface area contributed by atoms with Crippen molar-refractivity contribution in [2.75, 3.05) is 33.3 Å². The molecule has 1 atom stereocenters. The van der Waals surface area contributed by atoms with Crippen LogP contribution in [0.4, 0.5) is 5.69 Å². The van der Waals surface area contributed by atoms with Crippen molar-refractivity contribution in [1.82, 2.24) is 5.32 Å². The number of methoxy groups -OCH3 is 3. The van der Waals surface area contributed by atoms with E-state index in [9.17, 15) is 9.59 Å². The Kier molecular flexibility index (Phi) is 8.56. The third-order valence-corrected chi connectivity index (χ3v) is 5.36. The molecule has 0 radical (unpaired) electrons. The molecule has 3 rings (SSSR count). The van der Waals surface area contributed by atoms with Gasteiger partial charge in [0, 0.05) is 11.1 Å². The highest BCUT2D eigenvalue weighted by Crippen LogP contribution is 2.30. The zero-order valence-electron chi connectivity index (χ0n) is 20.5. The van der Waals surface area contributed by atoms with Gasteiger partial charge in [-0.2, -0.15) is 0 Å². The van der Waals surface area contributed by atoms with E-state index in [-0.39, 0.29) is 24.5 Å². The number of nitrogens with one attached hydrogen (secondary N) is 2. The molecule has 0 aliphatic rings. The van der Waals surface area contributed by atoms with E-state index in [1.807, 2.05) is 38.1 Å². The molecule has 0 saturated heterocycles. The third kappa shape index (κ3) is 6.44. The topological polar surface area (TPSA) is 95.1 Å². The molecule has 8 nitrogen and oxygen atoms in total. The lowest BCUT2D eigenvalue weighted by Gasteiger charge is -2.18. The van der Waals surface area contributed by atoms with Gasteiger partial charge in [0.1, 0.15) is 11.5 Å². The Morgan fingerprint density at radius 2 is 1.51 bits per heavy atom. The first-order valence-electron chi connectivity index (χ1n) is 11.0. The molecule has 3 aromatic rings. The minimum atomic E-state index is -0.362. The summed E-state index contributed by atoms with van der Waals surface area (Å²) in [5.74, 6) is 1.29. The number of anilines is 1. The van der Waals surface area contributed by atoms with Crippen LogP contribution in [0, 0.1) is 6.92 Å². The summed E-state index contributed by atoms with van der Waals surface area (Å²) >= 11 is 0. The van der Waals surface area contributed by atoms with Gasteiger partial charge in [-0.05, 0) is 50.2 Å². The van der Waals surface area contributed by atoms with Crippen molar-refractivity contribution in [2.45, 2.75) is 19.9 Å². The zero-order valence-corrected chi connectivity index (χ0v) is 20.5. The average Bonchev–Trinajstić information content (AvgIpc) is 2.87. The number of para-hydroxylation sites is 2. The average molecular weight is 479 g/mol. The van der Waals surface area contributed by atoms with Crippen LogP contribution in [-0.4, -0.2) is 39.8 Å². The van der Waals surface area contributed by atoms with Crippen LogP contribution in [0.3, 0.4) is 0 Å². The number of rotatable bonds is 10. The van der Waals surface area contributed by atoms with Crippen LogP contribution in [0.15, 0.2) is 60.7 Å². The van der Waals surface area contributed by atoms with Crippen molar-refractivity contribution in [2.24, 2.45) is 0 Å². The Hall–Kier alpha value is -4.20. The van der Waals surface area contributed by atoms with Crippen LogP contribution in [0.2, 0.25) is 0 Å². The van der Waals surface area contributed by atoms with Crippen molar-refractivity contribution in [3.63, 3.8) is 0 Å². The first kappa shape index (κ1) is 25.4. The molecule has 0 heterocycles. The fourth-order valence-electron chi connectivity index (χ4n) is 3.56. The molecule has 35 heavy (non-hydrogen) atoms. The maximum Gasteiger partial charge on any atom is 0.262 e. The Morgan fingerprint density at radius 1 is 0.829 bits per heavy atom. The molecular weight excluding hydrogens is 448 g/mol. The number of carbonyl (C=O) groups is 2. The summed E-state index contributed by atoms with van der Waals surface area (Å²) in [4.78, 5) is 25.3. The summed E-state index contributed by atoms with van der Waals surface area (Å²) < 4.78 is 21.7. The van der Waals surface area contributed by atoms with Crippen LogP contribution < -0.4 is 29.6 Å². The number of carbonyl (C=O) groups excluding carboxylic acids is 2. The van der Waals surface area contributed by atoms with Gasteiger partial charge in [-0.15, -0.1) is 0 Å². The van der Waals surface area contributed by atoms with Crippen LogP contribution in [0.5, 0.6) is 23.0 Å². The zero-order chi connectivity index (χ0) is 25.4. The van der Waals surface area contributed by atoms with Crippen LogP contribution in [0.25, 0.3) is 0 Å². The summed E-state index contributed by atoms with van der Waals surface area (Å²) in [6.45, 7) is 3.63. The number of benzene rings is 3. The van der Waals surface area contributed by atoms with Gasteiger partial charge in [0.15, 0.2) is 18.1 Å². The first-order chi connectivity index (χ1) is 16.9. The Morgan fingerprint density at radius 3 is 2.23 bits per heavy atom. The van der Waals surface area contributed by atoms with Crippen molar-refractivity contribution in [3.8, 4) is 23.0 Å². The molecule has 0 aliphatic carbocycles. The molecule has 2 N–H and O–H groups in total. The van der Waals surface area contributed by atoms with E-state index in [4.69, 9.17) is 18.9 Å². The molecule has 184 valence electrons. The van der Waals surface area contributed by atoms with Crippen LogP contribution in [0.1, 0.15) is 34.5 Å². The molecule has 1 unspecified atom stereocenters.